The van der Waals surface area contributed by atoms with Crippen molar-refractivity contribution in [3.63, 3.8) is 0 Å². The van der Waals surface area contributed by atoms with Crippen LogP contribution in [0.25, 0.3) is 22.6 Å². The van der Waals surface area contributed by atoms with E-state index in [1.807, 2.05) is 42.5 Å². The third-order valence-electron chi connectivity index (χ3n) is 5.22. The van der Waals surface area contributed by atoms with Gasteiger partial charge < -0.3 is 15.5 Å². The Hall–Kier alpha value is -3.93. The Bertz CT molecular complexity index is 1120. The number of rotatable bonds is 3. The van der Waals surface area contributed by atoms with Crippen LogP contribution >= 0.6 is 0 Å². The number of fused-ring (bicyclic) bond motifs is 1. The van der Waals surface area contributed by atoms with Crippen LogP contribution in [0.15, 0.2) is 83.3 Å². The van der Waals surface area contributed by atoms with Gasteiger partial charge in [-0.15, -0.1) is 0 Å². The zero-order valence-corrected chi connectivity index (χ0v) is 18.8. The summed E-state index contributed by atoms with van der Waals surface area (Å²) < 4.78 is 5.67. The van der Waals surface area contributed by atoms with Crippen molar-refractivity contribution in [1.29, 1.82) is 0 Å². The summed E-state index contributed by atoms with van der Waals surface area (Å²) in [6, 6.07) is 23.5. The molecule has 0 aliphatic heterocycles. The second-order valence-electron chi connectivity index (χ2n) is 7.64. The van der Waals surface area contributed by atoms with E-state index in [1.54, 1.807) is 43.4 Å². The first-order valence-electron chi connectivity index (χ1n) is 11.1. The van der Waals surface area contributed by atoms with Crippen LogP contribution in [-0.4, -0.2) is 23.8 Å². The molecule has 0 saturated heterocycles. The van der Waals surface area contributed by atoms with Crippen molar-refractivity contribution in [2.45, 2.75) is 32.1 Å². The van der Waals surface area contributed by atoms with Crippen molar-refractivity contribution in [1.82, 2.24) is 10.3 Å². The lowest BCUT2D eigenvalue weighted by atomic mass is 10.1. The van der Waals surface area contributed by atoms with Crippen LogP contribution in [0, 0.1) is 0 Å². The number of primary amides is 1. The minimum atomic E-state index is -0.379. The summed E-state index contributed by atoms with van der Waals surface area (Å²) >= 11 is 0. The lowest BCUT2D eigenvalue weighted by Crippen LogP contribution is -2.17. The van der Waals surface area contributed by atoms with Gasteiger partial charge in [0.15, 0.2) is 5.58 Å². The van der Waals surface area contributed by atoms with Gasteiger partial charge >= 0.3 is 0 Å². The maximum Gasteiger partial charge on any atom is 0.251 e. The highest BCUT2D eigenvalue weighted by Gasteiger charge is 2.09. The molecule has 6 heteroatoms. The average molecular weight is 444 g/mol. The lowest BCUT2D eigenvalue weighted by Gasteiger charge is -2.00. The van der Waals surface area contributed by atoms with E-state index in [-0.39, 0.29) is 11.8 Å². The molecule has 1 heterocycles. The monoisotopic (exact) mass is 443 g/mol. The molecule has 170 valence electrons. The van der Waals surface area contributed by atoms with Gasteiger partial charge in [0.1, 0.15) is 5.52 Å². The molecule has 1 aromatic heterocycles. The zero-order chi connectivity index (χ0) is 23.5. The van der Waals surface area contributed by atoms with Gasteiger partial charge in [0.25, 0.3) is 5.91 Å². The Morgan fingerprint density at radius 1 is 0.788 bits per heavy atom. The minimum absolute atomic E-state index is 0.107. The smallest absolute Gasteiger partial charge is 0.251 e. The number of carbonyl (C=O) groups is 2. The van der Waals surface area contributed by atoms with Crippen molar-refractivity contribution in [2.24, 2.45) is 5.73 Å². The molecule has 0 radical (unpaired) electrons. The largest absolute Gasteiger partial charge is 0.436 e. The van der Waals surface area contributed by atoms with Gasteiger partial charge in [-0.1, -0.05) is 62.4 Å². The molecule has 0 spiro atoms. The van der Waals surface area contributed by atoms with Crippen molar-refractivity contribution in [2.75, 3.05) is 7.05 Å². The first-order chi connectivity index (χ1) is 16.1. The number of nitrogens with zero attached hydrogens (tertiary/aromatic N) is 1. The van der Waals surface area contributed by atoms with Crippen LogP contribution in [0.4, 0.5) is 0 Å². The van der Waals surface area contributed by atoms with Gasteiger partial charge in [-0.05, 0) is 48.5 Å². The predicted octanol–water partition coefficient (Wildman–Crippen LogP) is 5.59. The van der Waals surface area contributed by atoms with E-state index in [0.29, 0.717) is 17.0 Å². The van der Waals surface area contributed by atoms with Crippen LogP contribution in [0.3, 0.4) is 0 Å². The van der Waals surface area contributed by atoms with Gasteiger partial charge in [-0.25, -0.2) is 4.98 Å². The summed E-state index contributed by atoms with van der Waals surface area (Å²) in [5, 5.41) is 2.58. The highest BCUT2D eigenvalue weighted by atomic mass is 16.3. The lowest BCUT2D eigenvalue weighted by molar-refractivity contribution is 0.0961. The maximum absolute atomic E-state index is 11.5. The summed E-state index contributed by atoms with van der Waals surface area (Å²) in [6.07, 6.45) is 7.50. The highest BCUT2D eigenvalue weighted by Crippen LogP contribution is 2.24. The molecule has 33 heavy (non-hydrogen) atoms. The van der Waals surface area contributed by atoms with Gasteiger partial charge in [0.2, 0.25) is 11.8 Å². The Kier molecular flexibility index (Phi) is 8.77. The molecule has 3 N–H and O–H groups in total. The molecule has 5 rings (SSSR count). The van der Waals surface area contributed by atoms with Gasteiger partial charge in [-0.2, -0.15) is 0 Å². The second-order valence-corrected chi connectivity index (χ2v) is 7.64. The summed E-state index contributed by atoms with van der Waals surface area (Å²) in [5.74, 6) is 0.0735. The number of nitrogens with two attached hydrogens (primary N) is 1. The summed E-state index contributed by atoms with van der Waals surface area (Å²) in [4.78, 5) is 26.3. The maximum atomic E-state index is 11.5. The molecule has 1 fully saturated rings. The third-order valence-corrected chi connectivity index (χ3v) is 5.22. The SMILES string of the molecule is C1CCCC1.CNC(=O)c1ccc(-c2nc3ccccc3o2)cc1.NC(=O)c1ccccc1. The zero-order valence-electron chi connectivity index (χ0n) is 18.8. The van der Waals surface area contributed by atoms with Gasteiger partial charge in [0.05, 0.1) is 0 Å². The standard InChI is InChI=1S/C15H12N2O2.C7H7NO.C5H10/c1-16-14(18)10-6-8-11(9-7-10)15-17-12-4-2-3-5-13(12)19-15;8-7(9)6-4-2-1-3-5-6;1-2-4-5-3-1/h2-9H,1H3,(H,16,18);1-5H,(H2,8,9);1-5H2. The summed E-state index contributed by atoms with van der Waals surface area (Å²) in [6.45, 7) is 0. The van der Waals surface area contributed by atoms with E-state index in [2.05, 4.69) is 10.3 Å². The number of amides is 2. The molecule has 0 atom stereocenters. The first kappa shape index (κ1) is 23.7. The first-order valence-corrected chi connectivity index (χ1v) is 11.1. The van der Waals surface area contributed by atoms with Crippen LogP contribution in [0.1, 0.15) is 52.8 Å². The molecule has 4 aromatic rings. The Balaban J connectivity index is 0.000000180. The predicted molar refractivity (Wildman–Crippen MR) is 131 cm³/mol. The molecule has 2 amide bonds. The van der Waals surface area contributed by atoms with Crippen LogP contribution in [0.2, 0.25) is 0 Å². The highest BCUT2D eigenvalue weighted by molar-refractivity contribution is 5.94. The number of hydrogen-bond donors (Lipinski definition) is 2. The normalized spacial score (nSPS) is 12.2. The van der Waals surface area contributed by atoms with E-state index in [1.165, 1.54) is 32.1 Å². The molecule has 1 aliphatic rings. The van der Waals surface area contributed by atoms with Crippen molar-refractivity contribution in [3.05, 3.63) is 90.0 Å². The fourth-order valence-corrected chi connectivity index (χ4v) is 3.39. The van der Waals surface area contributed by atoms with Gasteiger partial charge in [0, 0.05) is 23.7 Å². The third kappa shape index (κ3) is 7.04. The van der Waals surface area contributed by atoms with E-state index in [4.69, 9.17) is 10.2 Å². The van der Waals surface area contributed by atoms with Crippen LogP contribution in [0.5, 0.6) is 0 Å². The molecule has 0 unspecified atom stereocenters. The number of benzene rings is 3. The Morgan fingerprint density at radius 3 is 1.88 bits per heavy atom. The molecular formula is C27H29N3O3. The quantitative estimate of drug-likeness (QED) is 0.431. The molecule has 1 aliphatic carbocycles. The van der Waals surface area contributed by atoms with E-state index >= 15 is 0 Å². The Labute approximate surface area is 193 Å². The summed E-state index contributed by atoms with van der Waals surface area (Å²) in [5.41, 5.74) is 8.58. The molecule has 1 saturated carbocycles. The van der Waals surface area contributed by atoms with Crippen LogP contribution < -0.4 is 11.1 Å². The number of aromatic nitrogens is 1. The number of oxazole rings is 1. The average Bonchev–Trinajstić information content (AvgIpc) is 3.58. The number of para-hydroxylation sites is 2. The van der Waals surface area contributed by atoms with Crippen molar-refractivity contribution < 1.29 is 14.0 Å². The minimum Gasteiger partial charge on any atom is -0.436 e. The fourth-order valence-electron chi connectivity index (χ4n) is 3.39. The molecule has 6 nitrogen and oxygen atoms in total. The fraction of sp³-hybridized carbons (Fsp3) is 0.222. The van der Waals surface area contributed by atoms with E-state index in [9.17, 15) is 9.59 Å². The number of carbonyl (C=O) groups excluding carboxylic acids is 2. The Morgan fingerprint density at radius 2 is 1.36 bits per heavy atom. The van der Waals surface area contributed by atoms with E-state index < -0.39 is 0 Å². The van der Waals surface area contributed by atoms with Crippen LogP contribution in [-0.2, 0) is 0 Å². The van der Waals surface area contributed by atoms with Crippen molar-refractivity contribution >= 4 is 22.9 Å². The van der Waals surface area contributed by atoms with Gasteiger partial charge in [-0.3, -0.25) is 9.59 Å². The molecule has 0 bridgehead atoms. The van der Waals surface area contributed by atoms with E-state index in [0.717, 1.165) is 16.7 Å². The summed E-state index contributed by atoms with van der Waals surface area (Å²) in [7, 11) is 1.61. The number of nitrogens with one attached hydrogen (secondary N) is 1. The molecular weight excluding hydrogens is 414 g/mol. The molecule has 3 aromatic carbocycles. The van der Waals surface area contributed by atoms with Crippen molar-refractivity contribution in [3.8, 4) is 11.5 Å². The topological polar surface area (TPSA) is 98.2 Å². The number of hydrogen-bond acceptors (Lipinski definition) is 4. The second kappa shape index (κ2) is 12.2.